The van der Waals surface area contributed by atoms with E-state index in [9.17, 15) is 18.4 Å². The fourth-order valence-corrected chi connectivity index (χ4v) is 7.18. The number of carbonyl (C=O) groups excluding carboxylic acids is 2. The van der Waals surface area contributed by atoms with Crippen LogP contribution in [0.25, 0.3) is 16.7 Å². The summed E-state index contributed by atoms with van der Waals surface area (Å²) in [4.78, 5) is 33.6. The zero-order valence-corrected chi connectivity index (χ0v) is 26.9. The second-order valence-electron chi connectivity index (χ2n) is 13.1. The number of carbonyl (C=O) groups is 2. The van der Waals surface area contributed by atoms with E-state index in [4.69, 9.17) is 0 Å². The van der Waals surface area contributed by atoms with Gasteiger partial charge in [-0.3, -0.25) is 19.5 Å². The highest BCUT2D eigenvalue weighted by atomic mass is 19.3. The van der Waals surface area contributed by atoms with Gasteiger partial charge in [-0.25, -0.2) is 8.78 Å². The molecule has 2 aliphatic carbocycles. The zero-order chi connectivity index (χ0) is 32.3. The molecule has 8 heteroatoms. The molecule has 2 N–H and O–H groups in total. The quantitative estimate of drug-likeness (QED) is 0.253. The number of aromatic nitrogens is 1. The monoisotopic (exact) mass is 626 g/mol. The Morgan fingerprint density at radius 1 is 0.913 bits per heavy atom. The molecule has 6 rings (SSSR count). The van der Waals surface area contributed by atoms with Crippen molar-refractivity contribution >= 4 is 23.1 Å². The highest BCUT2D eigenvalue weighted by Crippen LogP contribution is 2.37. The van der Waals surface area contributed by atoms with Crippen molar-refractivity contribution in [1.29, 1.82) is 0 Å². The lowest BCUT2D eigenvalue weighted by molar-refractivity contribution is -0.111. The maximum Gasteiger partial charge on any atom is 0.256 e. The molecule has 0 spiro atoms. The molecule has 242 valence electrons. The van der Waals surface area contributed by atoms with Gasteiger partial charge in [0.2, 0.25) is 0 Å². The van der Waals surface area contributed by atoms with E-state index in [0.29, 0.717) is 42.9 Å². The van der Waals surface area contributed by atoms with E-state index in [2.05, 4.69) is 51.7 Å². The second kappa shape index (κ2) is 13.8. The van der Waals surface area contributed by atoms with Gasteiger partial charge in [0.1, 0.15) is 0 Å². The van der Waals surface area contributed by atoms with Gasteiger partial charge in [-0.15, -0.1) is 0 Å². The van der Waals surface area contributed by atoms with Crippen LogP contribution in [0.2, 0.25) is 0 Å². The Kier molecular flexibility index (Phi) is 9.64. The highest BCUT2D eigenvalue weighted by molar-refractivity contribution is 6.27. The minimum Gasteiger partial charge on any atom is -0.349 e. The molecule has 2 heterocycles. The number of aryl methyl sites for hydroxylation is 2. The first-order chi connectivity index (χ1) is 22.2. The number of pyridine rings is 1. The third kappa shape index (κ3) is 7.22. The van der Waals surface area contributed by atoms with Crippen LogP contribution in [-0.4, -0.2) is 46.8 Å². The number of likely N-dealkylation sites (tertiary alicyclic amines) is 1. The summed E-state index contributed by atoms with van der Waals surface area (Å²) in [6.07, 6.45) is 10.9. The molecule has 3 aliphatic rings. The maximum absolute atomic E-state index is 14.0. The minimum atomic E-state index is -2.57. The summed E-state index contributed by atoms with van der Waals surface area (Å²) in [7, 11) is 0. The van der Waals surface area contributed by atoms with Gasteiger partial charge < -0.3 is 10.6 Å². The van der Waals surface area contributed by atoms with Crippen LogP contribution in [0.5, 0.6) is 0 Å². The van der Waals surface area contributed by atoms with Crippen LogP contribution in [-0.2, 0) is 24.2 Å². The van der Waals surface area contributed by atoms with Gasteiger partial charge >= 0.3 is 0 Å². The van der Waals surface area contributed by atoms with E-state index in [1.807, 2.05) is 31.3 Å². The first-order valence-corrected chi connectivity index (χ1v) is 16.9. The Balaban J connectivity index is 1.22. The molecule has 2 amide bonds. The largest absolute Gasteiger partial charge is 0.349 e. The van der Waals surface area contributed by atoms with Gasteiger partial charge in [0, 0.05) is 73.3 Å². The number of anilines is 1. The predicted octanol–water partition coefficient (Wildman–Crippen LogP) is 7.96. The SMILES string of the molecule is CCC1=C(C(=O)Nc2ccc(C(=O)NC3CCCC3)c(CC)c2)c2cc(-c3cncc(CN4CCC(F)(F)CC4)c3)ccc2CC1. The molecule has 6 nitrogen and oxygen atoms in total. The molecule has 46 heavy (non-hydrogen) atoms. The number of hydrogen-bond acceptors (Lipinski definition) is 4. The van der Waals surface area contributed by atoms with E-state index >= 15 is 0 Å². The van der Waals surface area contributed by atoms with E-state index in [1.165, 1.54) is 0 Å². The number of hydrogen-bond donors (Lipinski definition) is 2. The molecule has 1 saturated heterocycles. The molecular weight excluding hydrogens is 582 g/mol. The third-order valence-corrected chi connectivity index (χ3v) is 9.88. The summed E-state index contributed by atoms with van der Waals surface area (Å²) in [6, 6.07) is 14.2. The number of alkyl halides is 2. The van der Waals surface area contributed by atoms with Crippen LogP contribution in [0.15, 0.2) is 60.4 Å². The Morgan fingerprint density at radius 3 is 2.43 bits per heavy atom. The van der Waals surface area contributed by atoms with Crippen molar-refractivity contribution in [3.05, 3.63) is 88.2 Å². The third-order valence-electron chi connectivity index (χ3n) is 9.88. The van der Waals surface area contributed by atoms with Crippen molar-refractivity contribution in [2.75, 3.05) is 18.4 Å². The van der Waals surface area contributed by atoms with Crippen molar-refractivity contribution in [1.82, 2.24) is 15.2 Å². The summed E-state index contributed by atoms with van der Waals surface area (Å²) in [5.74, 6) is -2.75. The van der Waals surface area contributed by atoms with Crippen molar-refractivity contribution in [2.24, 2.45) is 0 Å². The van der Waals surface area contributed by atoms with Gasteiger partial charge in [0.25, 0.3) is 17.7 Å². The first kappa shape index (κ1) is 32.0. The molecule has 2 aromatic carbocycles. The van der Waals surface area contributed by atoms with Crippen LogP contribution in [0, 0.1) is 0 Å². The van der Waals surface area contributed by atoms with Crippen molar-refractivity contribution in [3.8, 4) is 11.1 Å². The molecular formula is C38H44F2N4O2. The molecule has 0 unspecified atom stereocenters. The highest BCUT2D eigenvalue weighted by Gasteiger charge is 2.34. The van der Waals surface area contributed by atoms with E-state index in [1.54, 1.807) is 6.20 Å². The Bertz CT molecular complexity index is 1630. The number of nitrogens with zero attached hydrogens (tertiary/aromatic N) is 2. The van der Waals surface area contributed by atoms with Gasteiger partial charge in [-0.1, -0.05) is 44.4 Å². The maximum atomic E-state index is 14.0. The lowest BCUT2D eigenvalue weighted by Gasteiger charge is -2.31. The average molecular weight is 627 g/mol. The van der Waals surface area contributed by atoms with E-state index in [0.717, 1.165) is 83.9 Å². The summed E-state index contributed by atoms with van der Waals surface area (Å²) in [6.45, 7) is 5.44. The number of piperidine rings is 1. The van der Waals surface area contributed by atoms with Crippen LogP contribution in [0.1, 0.15) is 97.8 Å². The van der Waals surface area contributed by atoms with Crippen LogP contribution < -0.4 is 10.6 Å². The van der Waals surface area contributed by atoms with E-state index in [-0.39, 0.29) is 30.7 Å². The fourth-order valence-electron chi connectivity index (χ4n) is 7.18. The Labute approximate surface area is 270 Å². The topological polar surface area (TPSA) is 74.3 Å². The van der Waals surface area contributed by atoms with Crippen LogP contribution in [0.4, 0.5) is 14.5 Å². The lowest BCUT2D eigenvalue weighted by atomic mass is 9.82. The normalized spacial score (nSPS) is 18.3. The molecule has 2 fully saturated rings. The van der Waals surface area contributed by atoms with Crippen LogP contribution in [0.3, 0.4) is 0 Å². The van der Waals surface area contributed by atoms with Gasteiger partial charge in [-0.05, 0) is 96.7 Å². The zero-order valence-electron chi connectivity index (χ0n) is 26.9. The van der Waals surface area contributed by atoms with Crippen molar-refractivity contribution < 1.29 is 18.4 Å². The molecule has 1 aromatic heterocycles. The van der Waals surface area contributed by atoms with Crippen molar-refractivity contribution in [3.63, 3.8) is 0 Å². The second-order valence-corrected chi connectivity index (χ2v) is 13.1. The Hall–Kier alpha value is -3.91. The summed E-state index contributed by atoms with van der Waals surface area (Å²) in [5, 5.41) is 6.33. The minimum absolute atomic E-state index is 0.0395. The molecule has 0 radical (unpaired) electrons. The summed E-state index contributed by atoms with van der Waals surface area (Å²) in [5.41, 5.74) is 9.05. The number of nitrogens with one attached hydrogen (secondary N) is 2. The van der Waals surface area contributed by atoms with Crippen molar-refractivity contribution in [2.45, 2.75) is 96.6 Å². The molecule has 0 bridgehead atoms. The number of rotatable bonds is 9. The fraction of sp³-hybridized carbons (Fsp3) is 0.447. The molecule has 1 saturated carbocycles. The lowest BCUT2D eigenvalue weighted by Crippen LogP contribution is -2.38. The van der Waals surface area contributed by atoms with Crippen LogP contribution >= 0.6 is 0 Å². The summed E-state index contributed by atoms with van der Waals surface area (Å²) >= 11 is 0. The average Bonchev–Trinajstić information content (AvgIpc) is 3.58. The molecule has 0 atom stereocenters. The predicted molar refractivity (Wildman–Crippen MR) is 179 cm³/mol. The number of fused-ring (bicyclic) bond motifs is 1. The first-order valence-electron chi connectivity index (χ1n) is 16.9. The van der Waals surface area contributed by atoms with Gasteiger partial charge in [0.05, 0.1) is 0 Å². The number of allylic oxidation sites excluding steroid dienone is 1. The van der Waals surface area contributed by atoms with E-state index < -0.39 is 5.92 Å². The number of benzene rings is 2. The standard InChI is InChI=1S/C38H44F2N4O2/c1-3-26-9-10-28-11-12-29(30-19-25(22-41-23-30)24-44-17-15-38(39,40)16-18-44)21-34(28)35(26)37(46)43-32-13-14-33(27(4-2)20-32)36(45)42-31-7-5-6-8-31/h11-14,19-23,31H,3-10,15-18,24H2,1-2H3,(H,42,45)(H,43,46). The summed E-state index contributed by atoms with van der Waals surface area (Å²) < 4.78 is 27.3. The van der Waals surface area contributed by atoms with Gasteiger partial charge in [-0.2, -0.15) is 0 Å². The molecule has 3 aromatic rings. The smallest absolute Gasteiger partial charge is 0.256 e. The van der Waals surface area contributed by atoms with Gasteiger partial charge in [0.15, 0.2) is 0 Å². The Morgan fingerprint density at radius 2 is 1.70 bits per heavy atom. The number of halogens is 2. The number of amides is 2. The molecule has 1 aliphatic heterocycles.